The third kappa shape index (κ3) is 3.65. The average molecular weight is 409 g/mol. The summed E-state index contributed by atoms with van der Waals surface area (Å²) >= 11 is 0. The Morgan fingerprint density at radius 1 is 1.13 bits per heavy atom. The number of amides is 1. The topological polar surface area (TPSA) is 81.9 Å². The summed E-state index contributed by atoms with van der Waals surface area (Å²) < 4.78 is 21.3. The zero-order valence-electron chi connectivity index (χ0n) is 17.1. The normalized spacial score (nSPS) is 15.6. The van der Waals surface area contributed by atoms with E-state index in [9.17, 15) is 9.18 Å². The Kier molecular flexibility index (Phi) is 5.48. The van der Waals surface area contributed by atoms with Crippen molar-refractivity contribution in [3.63, 3.8) is 0 Å². The van der Waals surface area contributed by atoms with E-state index in [0.29, 0.717) is 11.5 Å². The predicted octanol–water partition coefficient (Wildman–Crippen LogP) is 3.96. The van der Waals surface area contributed by atoms with Crippen molar-refractivity contribution in [3.05, 3.63) is 59.7 Å². The summed E-state index contributed by atoms with van der Waals surface area (Å²) in [5, 5.41) is 14.2. The van der Waals surface area contributed by atoms with Gasteiger partial charge in [0, 0.05) is 0 Å². The summed E-state index contributed by atoms with van der Waals surface area (Å²) in [7, 11) is 1.61. The fraction of sp³-hybridized carbons (Fsp3) is 0.364. The molecule has 1 fully saturated rings. The molecule has 2 aromatic carbocycles. The minimum atomic E-state index is -0.697. The van der Waals surface area contributed by atoms with Crippen LogP contribution in [0.4, 0.5) is 10.1 Å². The SMILES string of the molecule is COc1ccc(C2(C(=O)Nc3cc(-n4nnnc4C)ccc3F)CCCCC2)cc1. The molecule has 4 rings (SSSR count). The van der Waals surface area contributed by atoms with E-state index in [1.807, 2.05) is 24.3 Å². The third-order valence-corrected chi connectivity index (χ3v) is 5.85. The van der Waals surface area contributed by atoms with Crippen molar-refractivity contribution in [2.75, 3.05) is 12.4 Å². The molecule has 0 bridgehead atoms. The Labute approximate surface area is 174 Å². The molecule has 0 aliphatic heterocycles. The smallest absolute Gasteiger partial charge is 0.235 e. The van der Waals surface area contributed by atoms with E-state index in [-0.39, 0.29) is 11.6 Å². The first-order chi connectivity index (χ1) is 14.5. The summed E-state index contributed by atoms with van der Waals surface area (Å²) in [5.41, 5.74) is 0.924. The van der Waals surface area contributed by atoms with E-state index in [1.54, 1.807) is 26.2 Å². The molecular weight excluding hydrogens is 385 g/mol. The van der Waals surface area contributed by atoms with E-state index in [1.165, 1.54) is 10.7 Å². The summed E-state index contributed by atoms with van der Waals surface area (Å²) in [5.74, 6) is 0.608. The van der Waals surface area contributed by atoms with Crippen LogP contribution in [0.1, 0.15) is 43.5 Å². The summed E-state index contributed by atoms with van der Waals surface area (Å²) in [6.07, 6.45) is 4.43. The van der Waals surface area contributed by atoms with Gasteiger partial charge in [-0.2, -0.15) is 4.68 Å². The highest BCUT2D eigenvalue weighted by atomic mass is 19.1. The van der Waals surface area contributed by atoms with Crippen LogP contribution in [-0.4, -0.2) is 33.2 Å². The van der Waals surface area contributed by atoms with Crippen LogP contribution in [0.2, 0.25) is 0 Å². The number of hydrogen-bond acceptors (Lipinski definition) is 5. The molecule has 1 aliphatic rings. The number of aromatic nitrogens is 4. The number of methoxy groups -OCH3 is 1. The van der Waals surface area contributed by atoms with Crippen molar-refractivity contribution in [2.24, 2.45) is 0 Å². The van der Waals surface area contributed by atoms with E-state index in [2.05, 4.69) is 20.8 Å². The Morgan fingerprint density at radius 2 is 1.87 bits per heavy atom. The van der Waals surface area contributed by atoms with E-state index in [4.69, 9.17) is 4.74 Å². The highest BCUT2D eigenvalue weighted by Crippen LogP contribution is 2.41. The lowest BCUT2D eigenvalue weighted by Crippen LogP contribution is -2.42. The van der Waals surface area contributed by atoms with Crippen molar-refractivity contribution in [1.29, 1.82) is 0 Å². The Morgan fingerprint density at radius 3 is 2.50 bits per heavy atom. The number of tetrazole rings is 1. The van der Waals surface area contributed by atoms with Crippen LogP contribution in [-0.2, 0) is 10.2 Å². The Balaban J connectivity index is 1.67. The van der Waals surface area contributed by atoms with Crippen LogP contribution in [0, 0.1) is 12.7 Å². The van der Waals surface area contributed by atoms with E-state index < -0.39 is 11.2 Å². The van der Waals surface area contributed by atoms with Crippen molar-refractivity contribution in [2.45, 2.75) is 44.4 Å². The van der Waals surface area contributed by atoms with Gasteiger partial charge in [-0.1, -0.05) is 31.4 Å². The Bertz CT molecular complexity index is 1040. The van der Waals surface area contributed by atoms with E-state index in [0.717, 1.165) is 43.4 Å². The summed E-state index contributed by atoms with van der Waals surface area (Å²) in [6.45, 7) is 1.75. The van der Waals surface area contributed by atoms with Gasteiger partial charge in [0.15, 0.2) is 5.82 Å². The molecule has 0 spiro atoms. The van der Waals surface area contributed by atoms with Gasteiger partial charge >= 0.3 is 0 Å². The molecule has 0 saturated heterocycles. The second kappa shape index (κ2) is 8.22. The molecule has 156 valence electrons. The first-order valence-corrected chi connectivity index (χ1v) is 10.0. The molecule has 3 aromatic rings. The molecule has 1 heterocycles. The molecule has 1 amide bonds. The molecule has 1 aliphatic carbocycles. The highest BCUT2D eigenvalue weighted by Gasteiger charge is 2.41. The molecular formula is C22H24FN5O2. The monoisotopic (exact) mass is 409 g/mol. The van der Waals surface area contributed by atoms with Crippen LogP contribution < -0.4 is 10.1 Å². The zero-order chi connectivity index (χ0) is 21.1. The number of carbonyl (C=O) groups is 1. The fourth-order valence-corrected chi connectivity index (χ4v) is 4.17. The molecule has 7 nitrogen and oxygen atoms in total. The number of ether oxygens (including phenoxy) is 1. The van der Waals surface area contributed by atoms with Gasteiger partial charge in [-0.05, 0) is 66.1 Å². The number of halogens is 1. The molecule has 30 heavy (non-hydrogen) atoms. The van der Waals surface area contributed by atoms with Crippen molar-refractivity contribution in [1.82, 2.24) is 20.2 Å². The molecule has 1 saturated carbocycles. The molecule has 1 N–H and O–H groups in total. The van der Waals surface area contributed by atoms with Crippen molar-refractivity contribution < 1.29 is 13.9 Å². The predicted molar refractivity (Wildman–Crippen MR) is 110 cm³/mol. The highest BCUT2D eigenvalue weighted by molar-refractivity contribution is 5.99. The average Bonchev–Trinajstić information content (AvgIpc) is 3.21. The van der Waals surface area contributed by atoms with Crippen molar-refractivity contribution >= 4 is 11.6 Å². The molecule has 1 aromatic heterocycles. The zero-order valence-corrected chi connectivity index (χ0v) is 17.1. The lowest BCUT2D eigenvalue weighted by Gasteiger charge is -2.36. The van der Waals surface area contributed by atoms with Gasteiger partial charge in [-0.25, -0.2) is 4.39 Å². The minimum absolute atomic E-state index is 0.117. The van der Waals surface area contributed by atoms with Crippen LogP contribution in [0.3, 0.4) is 0 Å². The minimum Gasteiger partial charge on any atom is -0.497 e. The number of benzene rings is 2. The maximum Gasteiger partial charge on any atom is 0.235 e. The van der Waals surface area contributed by atoms with Gasteiger partial charge in [0.25, 0.3) is 0 Å². The van der Waals surface area contributed by atoms with Crippen LogP contribution in [0.5, 0.6) is 5.75 Å². The van der Waals surface area contributed by atoms with Crippen molar-refractivity contribution in [3.8, 4) is 11.4 Å². The maximum absolute atomic E-state index is 14.6. The maximum atomic E-state index is 14.6. The number of aryl methyl sites for hydroxylation is 1. The van der Waals surface area contributed by atoms with Crippen LogP contribution in [0.25, 0.3) is 5.69 Å². The summed E-state index contributed by atoms with van der Waals surface area (Å²) in [4.78, 5) is 13.5. The Hall–Kier alpha value is -3.29. The number of nitrogens with one attached hydrogen (secondary N) is 1. The lowest BCUT2D eigenvalue weighted by molar-refractivity contribution is -0.122. The second-order valence-corrected chi connectivity index (χ2v) is 7.63. The second-order valence-electron chi connectivity index (χ2n) is 7.63. The van der Waals surface area contributed by atoms with Gasteiger partial charge in [-0.15, -0.1) is 5.10 Å². The molecule has 8 heteroatoms. The van der Waals surface area contributed by atoms with Crippen LogP contribution >= 0.6 is 0 Å². The van der Waals surface area contributed by atoms with Gasteiger partial charge in [0.05, 0.1) is 23.9 Å². The number of nitrogens with zero attached hydrogens (tertiary/aromatic N) is 4. The van der Waals surface area contributed by atoms with Gasteiger partial charge in [0.1, 0.15) is 11.6 Å². The first kappa shape index (κ1) is 20.0. The lowest BCUT2D eigenvalue weighted by atomic mass is 9.68. The number of anilines is 1. The van der Waals surface area contributed by atoms with Gasteiger partial charge in [0.2, 0.25) is 5.91 Å². The molecule has 0 atom stereocenters. The fourth-order valence-electron chi connectivity index (χ4n) is 4.17. The standard InChI is InChI=1S/C22H24FN5O2/c1-15-25-26-27-28(15)17-8-11-19(23)20(14-17)24-21(29)22(12-4-3-5-13-22)16-6-9-18(30-2)10-7-16/h6-11,14H,3-5,12-13H2,1-2H3,(H,24,29). The third-order valence-electron chi connectivity index (χ3n) is 5.85. The number of carbonyl (C=O) groups excluding carboxylic acids is 1. The van der Waals surface area contributed by atoms with E-state index >= 15 is 0 Å². The van der Waals surface area contributed by atoms with Crippen LogP contribution in [0.15, 0.2) is 42.5 Å². The first-order valence-electron chi connectivity index (χ1n) is 10.0. The van der Waals surface area contributed by atoms with Gasteiger partial charge in [-0.3, -0.25) is 4.79 Å². The largest absolute Gasteiger partial charge is 0.497 e. The molecule has 0 radical (unpaired) electrons. The number of rotatable bonds is 5. The molecule has 0 unspecified atom stereocenters. The summed E-state index contributed by atoms with van der Waals surface area (Å²) in [6, 6.07) is 12.0. The quantitative estimate of drug-likeness (QED) is 0.690. The number of hydrogen-bond donors (Lipinski definition) is 1. The van der Waals surface area contributed by atoms with Gasteiger partial charge < -0.3 is 10.1 Å².